The number of piperidine rings is 1. The molecule has 0 spiro atoms. The van der Waals surface area contributed by atoms with E-state index in [2.05, 4.69) is 4.98 Å². The van der Waals surface area contributed by atoms with Crippen LogP contribution in [0.25, 0.3) is 10.6 Å². The highest BCUT2D eigenvalue weighted by molar-refractivity contribution is 7.13. The summed E-state index contributed by atoms with van der Waals surface area (Å²) in [5.74, 6) is -1.61. The van der Waals surface area contributed by atoms with Gasteiger partial charge in [0.1, 0.15) is 10.7 Å². The average Bonchev–Trinajstić information content (AvgIpc) is 3.04. The number of aromatic nitrogens is 1. The summed E-state index contributed by atoms with van der Waals surface area (Å²) in [7, 11) is 0. The molecular weight excluding hydrogens is 371 g/mol. The molecule has 1 amide bonds. The zero-order valence-electron chi connectivity index (χ0n) is 12.5. The van der Waals surface area contributed by atoms with Crippen molar-refractivity contribution in [2.75, 3.05) is 13.1 Å². The quantitative estimate of drug-likeness (QED) is 0.865. The molecule has 2 aromatic rings. The Bertz CT molecular complexity index is 793. The third-order valence-corrected chi connectivity index (χ3v) is 5.37. The number of carboxylic acid groups (broad SMARTS) is 1. The first kappa shape index (κ1) is 17.2. The highest BCUT2D eigenvalue weighted by atomic mass is 35.5. The van der Waals surface area contributed by atoms with E-state index in [1.165, 1.54) is 11.3 Å². The van der Waals surface area contributed by atoms with Gasteiger partial charge in [-0.25, -0.2) is 4.98 Å². The first-order valence-electron chi connectivity index (χ1n) is 7.38. The van der Waals surface area contributed by atoms with Crippen molar-refractivity contribution >= 4 is 46.4 Å². The van der Waals surface area contributed by atoms with Gasteiger partial charge < -0.3 is 10.0 Å². The number of thiazole rings is 1. The van der Waals surface area contributed by atoms with Crippen molar-refractivity contribution in [1.29, 1.82) is 0 Å². The molecule has 1 atom stereocenters. The molecule has 1 aromatic carbocycles. The largest absolute Gasteiger partial charge is 0.481 e. The van der Waals surface area contributed by atoms with Crippen LogP contribution in [0.2, 0.25) is 10.0 Å². The van der Waals surface area contributed by atoms with Gasteiger partial charge in [-0.05, 0) is 31.0 Å². The second kappa shape index (κ2) is 7.09. The fourth-order valence-corrected chi connectivity index (χ4v) is 4.07. The fraction of sp³-hybridized carbons (Fsp3) is 0.312. The van der Waals surface area contributed by atoms with Crippen LogP contribution in [0.4, 0.5) is 0 Å². The topological polar surface area (TPSA) is 70.5 Å². The SMILES string of the molecule is O=C(O)C1CCCN(C(=O)c2csc(-c3ccc(Cl)cc3Cl)n2)C1. The van der Waals surface area contributed by atoms with Crippen LogP contribution in [0.15, 0.2) is 23.6 Å². The summed E-state index contributed by atoms with van der Waals surface area (Å²) in [6.45, 7) is 0.778. The second-order valence-electron chi connectivity index (χ2n) is 5.59. The third-order valence-electron chi connectivity index (χ3n) is 3.94. The van der Waals surface area contributed by atoms with E-state index in [1.54, 1.807) is 28.5 Å². The number of carboxylic acids is 1. The highest BCUT2D eigenvalue weighted by Crippen LogP contribution is 2.32. The molecule has 0 aliphatic carbocycles. The summed E-state index contributed by atoms with van der Waals surface area (Å²) >= 11 is 13.4. The third kappa shape index (κ3) is 3.55. The molecule has 5 nitrogen and oxygen atoms in total. The Kier molecular flexibility index (Phi) is 5.08. The number of hydrogen-bond acceptors (Lipinski definition) is 4. The van der Waals surface area contributed by atoms with Gasteiger partial charge in [0.25, 0.3) is 5.91 Å². The van der Waals surface area contributed by atoms with Gasteiger partial charge in [0.05, 0.1) is 10.9 Å². The van der Waals surface area contributed by atoms with E-state index in [-0.39, 0.29) is 12.5 Å². The molecule has 1 unspecified atom stereocenters. The molecule has 3 rings (SSSR count). The van der Waals surface area contributed by atoms with E-state index in [1.807, 2.05) is 0 Å². The van der Waals surface area contributed by atoms with E-state index in [0.29, 0.717) is 45.7 Å². The second-order valence-corrected chi connectivity index (χ2v) is 7.29. The van der Waals surface area contributed by atoms with Crippen molar-refractivity contribution in [2.45, 2.75) is 12.8 Å². The molecule has 0 radical (unpaired) electrons. The molecule has 1 aliphatic rings. The minimum Gasteiger partial charge on any atom is -0.481 e. The number of amides is 1. The van der Waals surface area contributed by atoms with Gasteiger partial charge >= 0.3 is 5.97 Å². The molecule has 0 saturated carbocycles. The van der Waals surface area contributed by atoms with Crippen molar-refractivity contribution in [3.05, 3.63) is 39.3 Å². The van der Waals surface area contributed by atoms with E-state index < -0.39 is 11.9 Å². The minimum atomic E-state index is -0.862. The maximum absolute atomic E-state index is 12.6. The van der Waals surface area contributed by atoms with E-state index >= 15 is 0 Å². The van der Waals surface area contributed by atoms with E-state index in [4.69, 9.17) is 28.3 Å². The van der Waals surface area contributed by atoms with Crippen LogP contribution >= 0.6 is 34.5 Å². The number of aliphatic carboxylic acids is 1. The molecule has 1 aliphatic heterocycles. The summed E-state index contributed by atoms with van der Waals surface area (Å²) < 4.78 is 0. The lowest BCUT2D eigenvalue weighted by Crippen LogP contribution is -2.42. The number of benzene rings is 1. The molecule has 1 aromatic heterocycles. The van der Waals surface area contributed by atoms with Crippen molar-refractivity contribution in [1.82, 2.24) is 9.88 Å². The number of carbonyl (C=O) groups is 2. The smallest absolute Gasteiger partial charge is 0.308 e. The van der Waals surface area contributed by atoms with Gasteiger partial charge in [0.15, 0.2) is 0 Å². The molecule has 24 heavy (non-hydrogen) atoms. The monoisotopic (exact) mass is 384 g/mol. The molecule has 126 valence electrons. The number of nitrogens with zero attached hydrogens (tertiary/aromatic N) is 2. The zero-order chi connectivity index (χ0) is 17.3. The Morgan fingerprint density at radius 3 is 2.83 bits per heavy atom. The molecular formula is C16H14Cl2N2O3S. The first-order valence-corrected chi connectivity index (χ1v) is 9.02. The molecule has 0 bridgehead atoms. The minimum absolute atomic E-state index is 0.225. The van der Waals surface area contributed by atoms with Gasteiger partial charge in [0, 0.05) is 29.1 Å². The molecule has 8 heteroatoms. The molecule has 1 saturated heterocycles. The van der Waals surface area contributed by atoms with Crippen LogP contribution in [-0.4, -0.2) is 40.0 Å². The van der Waals surface area contributed by atoms with Crippen molar-refractivity contribution < 1.29 is 14.7 Å². The average molecular weight is 385 g/mol. The van der Waals surface area contributed by atoms with Crippen LogP contribution < -0.4 is 0 Å². The molecule has 1 N–H and O–H groups in total. The number of carbonyl (C=O) groups excluding carboxylic acids is 1. The summed E-state index contributed by atoms with van der Waals surface area (Å²) in [6, 6.07) is 5.11. The standard InChI is InChI=1S/C16H14Cl2N2O3S/c17-10-3-4-11(12(18)6-10)14-19-13(8-24-14)15(21)20-5-1-2-9(7-20)16(22)23/h3-4,6,8-9H,1-2,5,7H2,(H,22,23). The van der Waals surface area contributed by atoms with Gasteiger partial charge in [-0.1, -0.05) is 23.2 Å². The summed E-state index contributed by atoms with van der Waals surface area (Å²) in [5.41, 5.74) is 1.03. The predicted molar refractivity (Wildman–Crippen MR) is 93.8 cm³/mol. The number of hydrogen-bond donors (Lipinski definition) is 1. The van der Waals surface area contributed by atoms with Gasteiger partial charge in [-0.3, -0.25) is 9.59 Å². The maximum Gasteiger partial charge on any atom is 0.308 e. The maximum atomic E-state index is 12.6. The van der Waals surface area contributed by atoms with Crippen molar-refractivity contribution in [3.63, 3.8) is 0 Å². The van der Waals surface area contributed by atoms with Crippen LogP contribution in [0.5, 0.6) is 0 Å². The van der Waals surface area contributed by atoms with Crippen molar-refractivity contribution in [3.8, 4) is 10.6 Å². The predicted octanol–water partition coefficient (Wildman–Crippen LogP) is 4.05. The van der Waals surface area contributed by atoms with Crippen LogP contribution in [0.1, 0.15) is 23.3 Å². The zero-order valence-corrected chi connectivity index (χ0v) is 14.9. The normalized spacial score (nSPS) is 17.8. The Morgan fingerprint density at radius 1 is 1.33 bits per heavy atom. The Labute approximate surface area is 152 Å². The van der Waals surface area contributed by atoms with Gasteiger partial charge in [-0.2, -0.15) is 0 Å². The van der Waals surface area contributed by atoms with Gasteiger partial charge in [0.2, 0.25) is 0 Å². The number of halogens is 2. The van der Waals surface area contributed by atoms with Crippen LogP contribution in [0, 0.1) is 5.92 Å². The van der Waals surface area contributed by atoms with Crippen molar-refractivity contribution in [2.24, 2.45) is 5.92 Å². The Balaban J connectivity index is 1.80. The Hall–Kier alpha value is -1.63. The fourth-order valence-electron chi connectivity index (χ4n) is 2.68. The molecule has 1 fully saturated rings. The number of rotatable bonds is 3. The van der Waals surface area contributed by atoms with E-state index in [9.17, 15) is 9.59 Å². The summed E-state index contributed by atoms with van der Waals surface area (Å²) in [4.78, 5) is 29.6. The van der Waals surface area contributed by atoms with E-state index in [0.717, 1.165) is 0 Å². The highest BCUT2D eigenvalue weighted by Gasteiger charge is 2.29. The summed E-state index contributed by atoms with van der Waals surface area (Å²) in [5, 5.41) is 12.4. The lowest BCUT2D eigenvalue weighted by molar-refractivity contribution is -0.143. The van der Waals surface area contributed by atoms with Crippen LogP contribution in [-0.2, 0) is 4.79 Å². The Morgan fingerprint density at radius 2 is 2.12 bits per heavy atom. The molecule has 2 heterocycles. The van der Waals surface area contributed by atoms with Gasteiger partial charge in [-0.15, -0.1) is 11.3 Å². The number of likely N-dealkylation sites (tertiary alicyclic amines) is 1. The summed E-state index contributed by atoms with van der Waals surface area (Å²) in [6.07, 6.45) is 1.28. The lowest BCUT2D eigenvalue weighted by Gasteiger charge is -2.30. The first-order chi connectivity index (χ1) is 11.5. The lowest BCUT2D eigenvalue weighted by atomic mass is 9.98. The van der Waals surface area contributed by atoms with Crippen LogP contribution in [0.3, 0.4) is 0 Å².